The van der Waals surface area contributed by atoms with Gasteiger partial charge < -0.3 is 24.3 Å². The van der Waals surface area contributed by atoms with Crippen molar-refractivity contribution in [1.82, 2.24) is 5.32 Å². The van der Waals surface area contributed by atoms with Gasteiger partial charge in [0.05, 0.1) is 0 Å². The fraction of sp³-hybridized carbons (Fsp3) is 0.417. The Morgan fingerprint density at radius 2 is 1.72 bits per heavy atom. The molecule has 1 aromatic rings. The van der Waals surface area contributed by atoms with E-state index in [-0.39, 0.29) is 19.5 Å². The van der Waals surface area contributed by atoms with E-state index >= 15 is 0 Å². The number of carbonyl (C=O) groups excluding carboxylic acids is 1. The molecule has 0 spiro atoms. The number of ether oxygens (including phenoxy) is 4. The van der Waals surface area contributed by atoms with Crippen molar-refractivity contribution in [3.8, 4) is 11.5 Å². The fourth-order valence-corrected chi connectivity index (χ4v) is 1.27. The lowest BCUT2D eigenvalue weighted by atomic mass is 10.2. The van der Waals surface area contributed by atoms with Crippen LogP contribution in [0, 0.1) is 0 Å². The van der Waals surface area contributed by atoms with Gasteiger partial charge in [-0.05, 0) is 18.2 Å². The molecule has 6 nitrogen and oxygen atoms in total. The van der Waals surface area contributed by atoms with E-state index in [4.69, 9.17) is 18.9 Å². The molecule has 1 N–H and O–H groups in total. The number of amides is 1. The van der Waals surface area contributed by atoms with Gasteiger partial charge in [0.2, 0.25) is 0 Å². The van der Waals surface area contributed by atoms with E-state index in [1.54, 1.807) is 25.2 Å². The van der Waals surface area contributed by atoms with Crippen LogP contribution in [0.15, 0.2) is 18.2 Å². The van der Waals surface area contributed by atoms with Crippen molar-refractivity contribution < 1.29 is 23.7 Å². The van der Waals surface area contributed by atoms with Gasteiger partial charge in [0, 0.05) is 26.8 Å². The summed E-state index contributed by atoms with van der Waals surface area (Å²) in [4.78, 5) is 11.5. The molecule has 0 radical (unpaired) electrons. The Bertz CT molecular complexity index is 394. The van der Waals surface area contributed by atoms with Gasteiger partial charge in [-0.15, -0.1) is 0 Å². The largest absolute Gasteiger partial charge is 0.464 e. The highest BCUT2D eigenvalue weighted by Crippen LogP contribution is 2.28. The highest BCUT2D eigenvalue weighted by atomic mass is 16.7. The summed E-state index contributed by atoms with van der Waals surface area (Å²) >= 11 is 0. The predicted molar refractivity (Wildman–Crippen MR) is 64.8 cm³/mol. The van der Waals surface area contributed by atoms with Crippen LogP contribution in [-0.4, -0.2) is 40.8 Å². The first-order chi connectivity index (χ1) is 8.72. The number of rotatable bonds is 7. The molecule has 0 unspecified atom stereocenters. The van der Waals surface area contributed by atoms with Crippen molar-refractivity contribution in [1.29, 1.82) is 0 Å². The SMILES string of the molecule is CNC(=O)c1ccc(OCOC)c(OCOC)c1. The Balaban J connectivity index is 2.92. The molecular weight excluding hydrogens is 238 g/mol. The van der Waals surface area contributed by atoms with Crippen molar-refractivity contribution in [2.45, 2.75) is 0 Å². The third-order valence-electron chi connectivity index (χ3n) is 2.10. The van der Waals surface area contributed by atoms with Crippen LogP contribution < -0.4 is 14.8 Å². The fourth-order valence-electron chi connectivity index (χ4n) is 1.27. The number of carbonyl (C=O) groups is 1. The minimum atomic E-state index is -0.199. The van der Waals surface area contributed by atoms with Crippen LogP contribution in [0.3, 0.4) is 0 Å². The maximum Gasteiger partial charge on any atom is 0.251 e. The summed E-state index contributed by atoms with van der Waals surface area (Å²) in [7, 11) is 4.60. The van der Waals surface area contributed by atoms with E-state index in [9.17, 15) is 4.79 Å². The van der Waals surface area contributed by atoms with Gasteiger partial charge in [-0.3, -0.25) is 4.79 Å². The van der Waals surface area contributed by atoms with Gasteiger partial charge in [-0.25, -0.2) is 0 Å². The molecule has 0 atom stereocenters. The summed E-state index contributed by atoms with van der Waals surface area (Å²) in [6.45, 7) is 0.170. The molecule has 18 heavy (non-hydrogen) atoms. The molecule has 1 rings (SSSR count). The van der Waals surface area contributed by atoms with Gasteiger partial charge in [-0.1, -0.05) is 0 Å². The number of hydrogen-bond acceptors (Lipinski definition) is 5. The van der Waals surface area contributed by atoms with Crippen LogP contribution in [0.4, 0.5) is 0 Å². The Labute approximate surface area is 106 Å². The molecule has 0 saturated carbocycles. The summed E-state index contributed by atoms with van der Waals surface area (Å²) in [5.41, 5.74) is 0.480. The monoisotopic (exact) mass is 255 g/mol. The lowest BCUT2D eigenvalue weighted by molar-refractivity contribution is 0.0322. The van der Waals surface area contributed by atoms with Crippen LogP contribution in [0.25, 0.3) is 0 Å². The van der Waals surface area contributed by atoms with E-state index < -0.39 is 0 Å². The molecule has 6 heteroatoms. The van der Waals surface area contributed by atoms with Crippen molar-refractivity contribution >= 4 is 5.91 Å². The van der Waals surface area contributed by atoms with Gasteiger partial charge in [0.15, 0.2) is 25.1 Å². The topological polar surface area (TPSA) is 66.0 Å². The molecule has 0 aliphatic heterocycles. The first-order valence-electron chi connectivity index (χ1n) is 5.32. The predicted octanol–water partition coefficient (Wildman–Crippen LogP) is 1.01. The first-order valence-corrected chi connectivity index (χ1v) is 5.32. The summed E-state index contributed by atoms with van der Waals surface area (Å²) < 4.78 is 20.3. The molecule has 0 fully saturated rings. The quantitative estimate of drug-likeness (QED) is 0.737. The van der Waals surface area contributed by atoms with Crippen molar-refractivity contribution in [3.63, 3.8) is 0 Å². The summed E-state index contributed by atoms with van der Waals surface area (Å²) in [5.74, 6) is 0.715. The van der Waals surface area contributed by atoms with Gasteiger partial charge in [0.1, 0.15) is 0 Å². The zero-order valence-electron chi connectivity index (χ0n) is 10.7. The Kier molecular flexibility index (Phi) is 5.96. The smallest absolute Gasteiger partial charge is 0.251 e. The van der Waals surface area contributed by atoms with E-state index in [0.717, 1.165) is 0 Å². The second kappa shape index (κ2) is 7.52. The first kappa shape index (κ1) is 14.3. The third-order valence-corrected chi connectivity index (χ3v) is 2.10. The van der Waals surface area contributed by atoms with Crippen LogP contribution in [-0.2, 0) is 9.47 Å². The molecule has 0 aliphatic carbocycles. The van der Waals surface area contributed by atoms with Gasteiger partial charge in [-0.2, -0.15) is 0 Å². The highest BCUT2D eigenvalue weighted by molar-refractivity contribution is 5.94. The molecule has 1 aromatic carbocycles. The van der Waals surface area contributed by atoms with E-state index in [1.807, 2.05) is 0 Å². The molecule has 0 bridgehead atoms. The van der Waals surface area contributed by atoms with E-state index in [2.05, 4.69) is 5.32 Å². The van der Waals surface area contributed by atoms with Crippen LogP contribution in [0.2, 0.25) is 0 Å². The molecule has 0 heterocycles. The summed E-state index contributed by atoms with van der Waals surface area (Å²) in [6.07, 6.45) is 0. The van der Waals surface area contributed by atoms with Crippen LogP contribution in [0.5, 0.6) is 11.5 Å². The normalized spacial score (nSPS) is 9.94. The standard InChI is InChI=1S/C12H17NO5/c1-13-12(14)9-4-5-10(17-7-15-2)11(6-9)18-8-16-3/h4-6H,7-8H2,1-3H3,(H,13,14). The van der Waals surface area contributed by atoms with Crippen molar-refractivity contribution in [3.05, 3.63) is 23.8 Å². The second-order valence-corrected chi connectivity index (χ2v) is 3.34. The maximum absolute atomic E-state index is 11.5. The Morgan fingerprint density at radius 1 is 1.11 bits per heavy atom. The van der Waals surface area contributed by atoms with Gasteiger partial charge in [0.25, 0.3) is 5.91 Å². The zero-order chi connectivity index (χ0) is 13.4. The molecular formula is C12H17NO5. The number of methoxy groups -OCH3 is 2. The van der Waals surface area contributed by atoms with E-state index in [1.165, 1.54) is 14.2 Å². The number of hydrogen-bond donors (Lipinski definition) is 1. The number of nitrogens with one attached hydrogen (secondary N) is 1. The molecule has 0 aliphatic rings. The second-order valence-electron chi connectivity index (χ2n) is 3.34. The zero-order valence-corrected chi connectivity index (χ0v) is 10.7. The van der Waals surface area contributed by atoms with Crippen LogP contribution >= 0.6 is 0 Å². The number of benzene rings is 1. The lowest BCUT2D eigenvalue weighted by Gasteiger charge is -2.12. The third kappa shape index (κ3) is 3.90. The van der Waals surface area contributed by atoms with Crippen molar-refractivity contribution in [2.75, 3.05) is 34.9 Å². The van der Waals surface area contributed by atoms with Crippen LogP contribution in [0.1, 0.15) is 10.4 Å². The average molecular weight is 255 g/mol. The molecule has 0 aromatic heterocycles. The lowest BCUT2D eigenvalue weighted by Crippen LogP contribution is -2.18. The average Bonchev–Trinajstić information content (AvgIpc) is 2.42. The molecule has 100 valence electrons. The minimum Gasteiger partial charge on any atom is -0.464 e. The minimum absolute atomic E-state index is 0.0700. The maximum atomic E-state index is 11.5. The Hall–Kier alpha value is -1.79. The van der Waals surface area contributed by atoms with Crippen molar-refractivity contribution in [2.24, 2.45) is 0 Å². The molecule has 1 amide bonds. The summed E-state index contributed by atoms with van der Waals surface area (Å²) in [6, 6.07) is 4.88. The molecule has 0 saturated heterocycles. The Morgan fingerprint density at radius 3 is 2.28 bits per heavy atom. The highest BCUT2D eigenvalue weighted by Gasteiger charge is 2.10. The summed E-state index contributed by atoms with van der Waals surface area (Å²) in [5, 5.41) is 2.54. The van der Waals surface area contributed by atoms with Gasteiger partial charge >= 0.3 is 0 Å². The van der Waals surface area contributed by atoms with E-state index in [0.29, 0.717) is 17.1 Å².